The van der Waals surface area contributed by atoms with Crippen LogP contribution in [0.4, 0.5) is 5.69 Å². The predicted molar refractivity (Wildman–Crippen MR) is 90.3 cm³/mol. The summed E-state index contributed by atoms with van der Waals surface area (Å²) in [5.41, 5.74) is 1.66. The van der Waals surface area contributed by atoms with E-state index in [4.69, 9.17) is 0 Å². The summed E-state index contributed by atoms with van der Waals surface area (Å²) in [6, 6.07) is 5.15. The maximum absolute atomic E-state index is 12.7. The van der Waals surface area contributed by atoms with E-state index >= 15 is 0 Å². The van der Waals surface area contributed by atoms with Gasteiger partial charge in [0.1, 0.15) is 0 Å². The van der Waals surface area contributed by atoms with Crippen LogP contribution in [0.3, 0.4) is 0 Å². The number of aryl methyl sites for hydroxylation is 1. The summed E-state index contributed by atoms with van der Waals surface area (Å²) < 4.78 is 25.3. The number of anilines is 1. The summed E-state index contributed by atoms with van der Waals surface area (Å²) in [7, 11) is -3.42. The Morgan fingerprint density at radius 2 is 2.00 bits per heavy atom. The number of hydrogen-bond donors (Lipinski definition) is 2. The van der Waals surface area contributed by atoms with E-state index in [1.165, 1.54) is 0 Å². The second-order valence-corrected chi connectivity index (χ2v) is 7.07. The molecule has 1 fully saturated rings. The van der Waals surface area contributed by atoms with E-state index in [-0.39, 0.29) is 18.3 Å². The SMILES string of the molecule is Cc1ccc(NS(C)(=O)=O)c(C(=O)N2CCCNCC2)c1.Cl. The van der Waals surface area contributed by atoms with Gasteiger partial charge in [-0.15, -0.1) is 12.4 Å². The van der Waals surface area contributed by atoms with Gasteiger partial charge in [-0.2, -0.15) is 0 Å². The van der Waals surface area contributed by atoms with Gasteiger partial charge >= 0.3 is 0 Å². The fourth-order valence-corrected chi connectivity index (χ4v) is 2.92. The Bertz CT molecular complexity index is 626. The summed E-state index contributed by atoms with van der Waals surface area (Å²) in [5, 5.41) is 3.24. The molecule has 1 saturated heterocycles. The molecule has 2 N–H and O–H groups in total. The Morgan fingerprint density at radius 3 is 2.68 bits per heavy atom. The van der Waals surface area contributed by atoms with Gasteiger partial charge in [0.2, 0.25) is 10.0 Å². The lowest BCUT2D eigenvalue weighted by molar-refractivity contribution is 0.0767. The van der Waals surface area contributed by atoms with Crippen molar-refractivity contribution in [1.82, 2.24) is 10.2 Å². The van der Waals surface area contributed by atoms with Crippen LogP contribution in [-0.2, 0) is 10.0 Å². The van der Waals surface area contributed by atoms with Gasteiger partial charge in [0.25, 0.3) is 5.91 Å². The van der Waals surface area contributed by atoms with Gasteiger partial charge in [-0.1, -0.05) is 11.6 Å². The number of halogens is 1. The highest BCUT2D eigenvalue weighted by molar-refractivity contribution is 7.92. The van der Waals surface area contributed by atoms with Crippen molar-refractivity contribution in [3.05, 3.63) is 29.3 Å². The van der Waals surface area contributed by atoms with Crippen LogP contribution in [0.2, 0.25) is 0 Å². The van der Waals surface area contributed by atoms with Crippen molar-refractivity contribution in [2.45, 2.75) is 13.3 Å². The van der Waals surface area contributed by atoms with Gasteiger partial charge in [0, 0.05) is 19.6 Å². The van der Waals surface area contributed by atoms with Crippen LogP contribution in [-0.4, -0.2) is 51.7 Å². The molecule has 124 valence electrons. The zero-order chi connectivity index (χ0) is 15.5. The van der Waals surface area contributed by atoms with Crippen LogP contribution in [0.25, 0.3) is 0 Å². The number of amides is 1. The third-order valence-corrected chi connectivity index (χ3v) is 3.92. The van der Waals surface area contributed by atoms with Gasteiger partial charge in [0.05, 0.1) is 17.5 Å². The molecule has 0 spiro atoms. The van der Waals surface area contributed by atoms with Crippen molar-refractivity contribution in [3.8, 4) is 0 Å². The Labute approximate surface area is 137 Å². The summed E-state index contributed by atoms with van der Waals surface area (Å²) in [6.45, 7) is 4.84. The van der Waals surface area contributed by atoms with Crippen LogP contribution in [0.1, 0.15) is 22.3 Å². The minimum absolute atomic E-state index is 0. The van der Waals surface area contributed by atoms with E-state index in [0.29, 0.717) is 24.3 Å². The Balaban J connectivity index is 0.00000242. The summed E-state index contributed by atoms with van der Waals surface area (Å²) >= 11 is 0. The molecule has 0 unspecified atom stereocenters. The Kier molecular flexibility index (Phi) is 6.65. The smallest absolute Gasteiger partial charge is 0.256 e. The second-order valence-electron chi connectivity index (χ2n) is 5.32. The molecule has 0 aliphatic carbocycles. The average Bonchev–Trinajstić information content (AvgIpc) is 2.67. The lowest BCUT2D eigenvalue weighted by Gasteiger charge is -2.22. The maximum atomic E-state index is 12.7. The van der Waals surface area contributed by atoms with Crippen molar-refractivity contribution >= 4 is 34.0 Å². The van der Waals surface area contributed by atoms with Crippen LogP contribution in [0.15, 0.2) is 18.2 Å². The molecule has 1 aliphatic rings. The normalized spacial score (nSPS) is 15.6. The first-order valence-corrected chi connectivity index (χ1v) is 8.84. The van der Waals surface area contributed by atoms with Crippen LogP contribution in [0, 0.1) is 6.92 Å². The molecule has 1 amide bonds. The monoisotopic (exact) mass is 347 g/mol. The van der Waals surface area contributed by atoms with E-state index in [9.17, 15) is 13.2 Å². The molecule has 0 saturated carbocycles. The Morgan fingerprint density at radius 1 is 1.27 bits per heavy atom. The van der Waals surface area contributed by atoms with Gasteiger partial charge in [-0.25, -0.2) is 8.42 Å². The highest BCUT2D eigenvalue weighted by Gasteiger charge is 2.21. The highest BCUT2D eigenvalue weighted by Crippen LogP contribution is 2.21. The first-order valence-electron chi connectivity index (χ1n) is 6.95. The lowest BCUT2D eigenvalue weighted by atomic mass is 10.1. The van der Waals surface area contributed by atoms with Gasteiger partial charge < -0.3 is 10.2 Å². The van der Waals surface area contributed by atoms with Crippen molar-refractivity contribution in [2.75, 3.05) is 37.2 Å². The average molecular weight is 348 g/mol. The highest BCUT2D eigenvalue weighted by atomic mass is 35.5. The van der Waals surface area contributed by atoms with E-state index in [0.717, 1.165) is 31.3 Å². The summed E-state index contributed by atoms with van der Waals surface area (Å²) in [4.78, 5) is 14.4. The molecule has 1 aromatic carbocycles. The Hall–Kier alpha value is -1.31. The molecule has 8 heteroatoms. The first kappa shape index (κ1) is 18.7. The van der Waals surface area contributed by atoms with Gasteiger partial charge in [0.15, 0.2) is 0 Å². The third kappa shape index (κ3) is 5.15. The topological polar surface area (TPSA) is 78.5 Å². The lowest BCUT2D eigenvalue weighted by Crippen LogP contribution is -2.34. The van der Waals surface area contributed by atoms with Crippen molar-refractivity contribution in [2.24, 2.45) is 0 Å². The minimum Gasteiger partial charge on any atom is -0.337 e. The fraction of sp³-hybridized carbons (Fsp3) is 0.500. The number of hydrogen-bond acceptors (Lipinski definition) is 4. The quantitative estimate of drug-likeness (QED) is 0.861. The largest absolute Gasteiger partial charge is 0.337 e. The number of sulfonamides is 1. The van der Waals surface area contributed by atoms with Crippen LogP contribution in [0.5, 0.6) is 0 Å². The number of carbonyl (C=O) groups excluding carboxylic acids is 1. The molecule has 0 bridgehead atoms. The number of nitrogens with zero attached hydrogens (tertiary/aromatic N) is 1. The number of rotatable bonds is 3. The number of carbonyl (C=O) groups is 1. The van der Waals surface area contributed by atoms with Gasteiger partial charge in [-0.3, -0.25) is 9.52 Å². The molecule has 1 heterocycles. The maximum Gasteiger partial charge on any atom is 0.256 e. The number of benzene rings is 1. The zero-order valence-corrected chi connectivity index (χ0v) is 14.4. The predicted octanol–water partition coefficient (Wildman–Crippen LogP) is 1.22. The van der Waals surface area contributed by atoms with Crippen LogP contribution >= 0.6 is 12.4 Å². The second kappa shape index (κ2) is 7.80. The fourth-order valence-electron chi connectivity index (χ4n) is 2.34. The zero-order valence-electron chi connectivity index (χ0n) is 12.8. The molecule has 0 atom stereocenters. The molecular weight excluding hydrogens is 326 g/mol. The molecule has 6 nitrogen and oxygen atoms in total. The molecule has 1 aromatic rings. The summed E-state index contributed by atoms with van der Waals surface area (Å²) in [6.07, 6.45) is 1.98. The molecule has 1 aliphatic heterocycles. The standard InChI is InChI=1S/C14H21N3O3S.ClH/c1-11-4-5-13(16-21(2,19)20)12(10-11)14(18)17-8-3-6-15-7-9-17;/h4-5,10,15-16H,3,6-9H2,1-2H3;1H. The third-order valence-electron chi connectivity index (χ3n) is 3.33. The molecule has 0 radical (unpaired) electrons. The van der Waals surface area contributed by atoms with Crippen molar-refractivity contribution in [1.29, 1.82) is 0 Å². The number of nitrogens with one attached hydrogen (secondary N) is 2. The minimum atomic E-state index is -3.42. The van der Waals surface area contributed by atoms with Gasteiger partial charge in [-0.05, 0) is 32.0 Å². The van der Waals surface area contributed by atoms with Crippen LogP contribution < -0.4 is 10.0 Å². The van der Waals surface area contributed by atoms with E-state index in [2.05, 4.69) is 10.0 Å². The molecule has 2 rings (SSSR count). The first-order chi connectivity index (χ1) is 9.87. The van der Waals surface area contributed by atoms with Crippen molar-refractivity contribution in [3.63, 3.8) is 0 Å². The van der Waals surface area contributed by atoms with Crippen molar-refractivity contribution < 1.29 is 13.2 Å². The molecule has 0 aromatic heterocycles. The molecular formula is C14H22ClN3O3S. The summed E-state index contributed by atoms with van der Waals surface area (Å²) in [5.74, 6) is -0.131. The van der Waals surface area contributed by atoms with E-state index in [1.807, 2.05) is 6.92 Å². The van der Waals surface area contributed by atoms with E-state index in [1.54, 1.807) is 23.1 Å². The van der Waals surface area contributed by atoms with E-state index < -0.39 is 10.0 Å². The molecule has 22 heavy (non-hydrogen) atoms.